The van der Waals surface area contributed by atoms with Crippen LogP contribution in [0, 0.1) is 0 Å². The van der Waals surface area contributed by atoms with Gasteiger partial charge in [-0.25, -0.2) is 13.6 Å². The van der Waals surface area contributed by atoms with E-state index in [4.69, 9.17) is 9.88 Å². The third-order valence-electron chi connectivity index (χ3n) is 6.85. The molecule has 0 aliphatic carbocycles. The van der Waals surface area contributed by atoms with E-state index in [0.29, 0.717) is 30.9 Å². The Labute approximate surface area is 229 Å². The van der Waals surface area contributed by atoms with Gasteiger partial charge in [-0.1, -0.05) is 84.9 Å². The number of carbonyl (C=O) groups excluding carboxylic acids is 1. The summed E-state index contributed by atoms with van der Waals surface area (Å²) in [7, 11) is -3.86. The third kappa shape index (κ3) is 6.66. The molecule has 1 aliphatic heterocycles. The van der Waals surface area contributed by atoms with Crippen LogP contribution in [0.2, 0.25) is 0 Å². The van der Waals surface area contributed by atoms with Crippen LogP contribution in [0.3, 0.4) is 0 Å². The first-order valence-corrected chi connectivity index (χ1v) is 14.4. The zero-order valence-corrected chi connectivity index (χ0v) is 22.3. The Morgan fingerprint density at radius 1 is 0.795 bits per heavy atom. The maximum atomic E-state index is 13.8. The van der Waals surface area contributed by atoms with Crippen molar-refractivity contribution < 1.29 is 17.9 Å². The first-order chi connectivity index (χ1) is 18.9. The average molecular weight is 542 g/mol. The number of carbonyl (C=O) groups is 1. The SMILES string of the molecule is NS(=O)(=O)C1CN(c2cccc(C(=O)N(Cc3ccccc3)Cc3ccccc3)c2)CC1Oc1ccccc1. The molecule has 1 amide bonds. The van der Waals surface area contributed by atoms with Gasteiger partial charge in [-0.15, -0.1) is 0 Å². The van der Waals surface area contributed by atoms with Gasteiger partial charge in [0, 0.05) is 30.9 Å². The molecule has 200 valence electrons. The van der Waals surface area contributed by atoms with E-state index < -0.39 is 21.4 Å². The van der Waals surface area contributed by atoms with Crippen LogP contribution in [0.25, 0.3) is 0 Å². The summed E-state index contributed by atoms with van der Waals surface area (Å²) in [6.07, 6.45) is -0.644. The number of nitrogens with zero attached hydrogens (tertiary/aromatic N) is 2. The highest BCUT2D eigenvalue weighted by molar-refractivity contribution is 7.89. The second kappa shape index (κ2) is 11.7. The molecule has 1 aliphatic rings. The molecule has 0 saturated carbocycles. The lowest BCUT2D eigenvalue weighted by atomic mass is 10.1. The van der Waals surface area contributed by atoms with Gasteiger partial charge in [0.05, 0.1) is 6.54 Å². The summed E-state index contributed by atoms with van der Waals surface area (Å²) in [6.45, 7) is 1.42. The number of ether oxygens (including phenoxy) is 1. The van der Waals surface area contributed by atoms with Crippen LogP contribution in [-0.4, -0.2) is 43.7 Å². The molecule has 4 aromatic rings. The van der Waals surface area contributed by atoms with Crippen molar-refractivity contribution in [2.75, 3.05) is 18.0 Å². The van der Waals surface area contributed by atoms with Gasteiger partial charge in [0.2, 0.25) is 10.0 Å². The van der Waals surface area contributed by atoms with Crippen molar-refractivity contribution in [2.24, 2.45) is 5.14 Å². The van der Waals surface area contributed by atoms with Gasteiger partial charge in [0.25, 0.3) is 5.91 Å². The molecule has 4 aromatic carbocycles. The fourth-order valence-corrected chi connectivity index (χ4v) is 5.84. The van der Waals surface area contributed by atoms with Crippen LogP contribution in [0.4, 0.5) is 5.69 Å². The molecule has 0 spiro atoms. The van der Waals surface area contributed by atoms with Crippen LogP contribution in [-0.2, 0) is 23.1 Å². The number of primary sulfonamides is 1. The molecular formula is C31H31N3O4S. The number of rotatable bonds is 9. The molecular weight excluding hydrogens is 510 g/mol. The second-order valence-corrected chi connectivity index (χ2v) is 11.5. The van der Waals surface area contributed by atoms with Gasteiger partial charge in [-0.2, -0.15) is 0 Å². The number of benzene rings is 4. The standard InChI is InChI=1S/C31H31N3O4S/c32-39(36,37)30-23-33(22-29(30)38-28-17-8-3-9-18-28)27-16-10-15-26(19-27)31(35)34(20-24-11-4-1-5-12-24)21-25-13-6-2-7-14-25/h1-19,29-30H,20-23H2,(H2,32,36,37). The molecule has 2 atom stereocenters. The minimum absolute atomic E-state index is 0.108. The Bertz CT molecular complexity index is 1460. The second-order valence-electron chi connectivity index (χ2n) is 9.68. The lowest BCUT2D eigenvalue weighted by molar-refractivity contribution is 0.0730. The lowest BCUT2D eigenvalue weighted by Gasteiger charge is -2.24. The molecule has 0 bridgehead atoms. The van der Waals surface area contributed by atoms with Gasteiger partial charge < -0.3 is 14.5 Å². The number of hydrogen-bond donors (Lipinski definition) is 1. The predicted molar refractivity (Wildman–Crippen MR) is 153 cm³/mol. The molecule has 1 heterocycles. The maximum absolute atomic E-state index is 13.8. The average Bonchev–Trinajstić information content (AvgIpc) is 3.39. The van der Waals surface area contributed by atoms with Gasteiger partial charge in [0.1, 0.15) is 17.1 Å². The summed E-state index contributed by atoms with van der Waals surface area (Å²) in [5.74, 6) is 0.475. The number of para-hydroxylation sites is 1. The largest absolute Gasteiger partial charge is 0.487 e. The zero-order valence-electron chi connectivity index (χ0n) is 21.5. The smallest absolute Gasteiger partial charge is 0.254 e. The van der Waals surface area contributed by atoms with Crippen LogP contribution in [0.1, 0.15) is 21.5 Å². The highest BCUT2D eigenvalue weighted by atomic mass is 32.2. The summed E-state index contributed by atoms with van der Waals surface area (Å²) >= 11 is 0. The van der Waals surface area contributed by atoms with Crippen molar-refractivity contribution in [3.05, 3.63) is 132 Å². The molecule has 39 heavy (non-hydrogen) atoms. The summed E-state index contributed by atoms with van der Waals surface area (Å²) in [5.41, 5.74) is 3.34. The van der Waals surface area contributed by atoms with E-state index in [2.05, 4.69) is 0 Å². The summed E-state index contributed by atoms with van der Waals surface area (Å²) in [4.78, 5) is 17.6. The fraction of sp³-hybridized carbons (Fsp3) is 0.194. The molecule has 0 aromatic heterocycles. The van der Waals surface area contributed by atoms with Crippen molar-refractivity contribution in [1.82, 2.24) is 4.90 Å². The first-order valence-electron chi connectivity index (χ1n) is 12.8. The molecule has 2 N–H and O–H groups in total. The predicted octanol–water partition coefficient (Wildman–Crippen LogP) is 4.45. The van der Waals surface area contributed by atoms with Crippen molar-refractivity contribution in [3.63, 3.8) is 0 Å². The quantitative estimate of drug-likeness (QED) is 0.338. The summed E-state index contributed by atoms with van der Waals surface area (Å²) in [5, 5.41) is 4.70. The van der Waals surface area contributed by atoms with Crippen molar-refractivity contribution in [1.29, 1.82) is 0 Å². The Kier molecular flexibility index (Phi) is 7.95. The highest BCUT2D eigenvalue weighted by Gasteiger charge is 2.42. The Balaban J connectivity index is 1.39. The Morgan fingerprint density at radius 3 is 1.92 bits per heavy atom. The number of nitrogens with two attached hydrogens (primary N) is 1. The van der Waals surface area contributed by atoms with E-state index in [-0.39, 0.29) is 12.5 Å². The van der Waals surface area contributed by atoms with Crippen LogP contribution in [0.15, 0.2) is 115 Å². The van der Waals surface area contributed by atoms with E-state index in [1.165, 1.54) is 0 Å². The van der Waals surface area contributed by atoms with Gasteiger partial charge in [0.15, 0.2) is 0 Å². The van der Waals surface area contributed by atoms with Gasteiger partial charge in [-0.05, 0) is 41.5 Å². The molecule has 2 unspecified atom stereocenters. The number of anilines is 1. The lowest BCUT2D eigenvalue weighted by Crippen LogP contribution is -2.40. The topological polar surface area (TPSA) is 92.9 Å². The Hall–Kier alpha value is -4.14. The maximum Gasteiger partial charge on any atom is 0.254 e. The summed E-state index contributed by atoms with van der Waals surface area (Å²) < 4.78 is 30.9. The van der Waals surface area contributed by atoms with E-state index in [9.17, 15) is 13.2 Å². The highest BCUT2D eigenvalue weighted by Crippen LogP contribution is 2.28. The molecule has 7 nitrogen and oxygen atoms in total. The van der Waals surface area contributed by atoms with E-state index in [1.807, 2.05) is 107 Å². The number of amides is 1. The van der Waals surface area contributed by atoms with Crippen LogP contribution < -0.4 is 14.8 Å². The fourth-order valence-electron chi connectivity index (χ4n) is 4.88. The first kappa shape index (κ1) is 26.5. The van der Waals surface area contributed by atoms with Crippen LogP contribution >= 0.6 is 0 Å². The number of hydrogen-bond acceptors (Lipinski definition) is 5. The monoisotopic (exact) mass is 541 g/mol. The third-order valence-corrected chi connectivity index (χ3v) is 8.14. The minimum atomic E-state index is -3.86. The van der Waals surface area contributed by atoms with E-state index in [0.717, 1.165) is 16.8 Å². The Morgan fingerprint density at radius 2 is 1.36 bits per heavy atom. The van der Waals surface area contributed by atoms with E-state index in [1.54, 1.807) is 18.2 Å². The minimum Gasteiger partial charge on any atom is -0.487 e. The van der Waals surface area contributed by atoms with Crippen molar-refractivity contribution in [3.8, 4) is 5.75 Å². The summed E-state index contributed by atoms with van der Waals surface area (Å²) in [6, 6.07) is 36.2. The molecule has 1 saturated heterocycles. The number of sulfonamides is 1. The molecule has 8 heteroatoms. The molecule has 0 radical (unpaired) electrons. The zero-order chi connectivity index (χ0) is 27.2. The van der Waals surface area contributed by atoms with E-state index >= 15 is 0 Å². The van der Waals surface area contributed by atoms with Crippen LogP contribution in [0.5, 0.6) is 5.75 Å². The van der Waals surface area contributed by atoms with Gasteiger partial charge in [-0.3, -0.25) is 4.79 Å². The van der Waals surface area contributed by atoms with Crippen molar-refractivity contribution in [2.45, 2.75) is 24.4 Å². The molecule has 5 rings (SSSR count). The van der Waals surface area contributed by atoms with Gasteiger partial charge >= 0.3 is 0 Å². The van der Waals surface area contributed by atoms with Crippen molar-refractivity contribution >= 4 is 21.6 Å². The normalized spacial score (nSPS) is 17.1. The molecule has 1 fully saturated rings.